The van der Waals surface area contributed by atoms with Crippen molar-refractivity contribution in [2.75, 3.05) is 0 Å². The van der Waals surface area contributed by atoms with Crippen LogP contribution in [0.15, 0.2) is 16.9 Å². The maximum atomic E-state index is 4.15. The van der Waals surface area contributed by atoms with E-state index in [1.807, 2.05) is 13.1 Å². The minimum atomic E-state index is 0.822. The number of rotatable bonds is 0. The Kier molecular flexibility index (Phi) is 1.42. The fraction of sp³-hybridized carbons (Fsp3) is 0.143. The first-order valence-electron chi connectivity index (χ1n) is 3.23. The molecule has 0 bridgehead atoms. The maximum absolute atomic E-state index is 4.15. The van der Waals surface area contributed by atoms with E-state index in [4.69, 9.17) is 0 Å². The smallest absolute Gasteiger partial charge is 0.156 e. The molecule has 0 aliphatic carbocycles. The molecule has 11 heavy (non-hydrogen) atoms. The van der Waals surface area contributed by atoms with Crippen LogP contribution in [0.25, 0.3) is 11.0 Å². The summed E-state index contributed by atoms with van der Waals surface area (Å²) in [6, 6.07) is 0. The van der Waals surface area contributed by atoms with E-state index < -0.39 is 0 Å². The van der Waals surface area contributed by atoms with Gasteiger partial charge in [0, 0.05) is 10.7 Å². The summed E-state index contributed by atoms with van der Waals surface area (Å²) in [6.07, 6.45) is 3.57. The lowest BCUT2D eigenvalue weighted by Crippen LogP contribution is -1.80. The van der Waals surface area contributed by atoms with E-state index >= 15 is 0 Å². The van der Waals surface area contributed by atoms with Crippen molar-refractivity contribution in [3.63, 3.8) is 0 Å². The molecule has 2 heterocycles. The Morgan fingerprint density at radius 2 is 2.27 bits per heavy atom. The normalized spacial score (nSPS) is 10.7. The number of nitrogens with one attached hydrogen (secondary N) is 1. The predicted octanol–water partition coefficient (Wildman–Crippen LogP) is 2.03. The fourth-order valence-electron chi connectivity index (χ4n) is 0.969. The van der Waals surface area contributed by atoms with Gasteiger partial charge in [-0.1, -0.05) is 0 Å². The molecule has 4 heteroatoms. The van der Waals surface area contributed by atoms with Crippen LogP contribution in [0.1, 0.15) is 5.56 Å². The molecule has 56 valence electrons. The number of aromatic nitrogens is 3. The second-order valence-corrected chi connectivity index (χ2v) is 3.18. The highest BCUT2D eigenvalue weighted by Crippen LogP contribution is 2.23. The van der Waals surface area contributed by atoms with Gasteiger partial charge in [-0.25, -0.2) is 4.98 Å². The second-order valence-electron chi connectivity index (χ2n) is 2.39. The third kappa shape index (κ3) is 0.939. The first kappa shape index (κ1) is 6.79. The highest BCUT2D eigenvalue weighted by molar-refractivity contribution is 9.10. The van der Waals surface area contributed by atoms with Crippen molar-refractivity contribution in [2.45, 2.75) is 6.92 Å². The first-order chi connectivity index (χ1) is 5.29. The summed E-state index contributed by atoms with van der Waals surface area (Å²) in [5.41, 5.74) is 1.95. The number of hydrogen-bond acceptors (Lipinski definition) is 2. The number of nitrogens with zero attached hydrogens (tertiary/aromatic N) is 2. The second kappa shape index (κ2) is 2.30. The van der Waals surface area contributed by atoms with Gasteiger partial charge >= 0.3 is 0 Å². The molecule has 0 saturated heterocycles. The van der Waals surface area contributed by atoms with E-state index in [1.54, 1.807) is 6.20 Å². The summed E-state index contributed by atoms with van der Waals surface area (Å²) in [5, 5.41) is 7.71. The summed E-state index contributed by atoms with van der Waals surface area (Å²) < 4.78 is 1.07. The fourth-order valence-corrected chi connectivity index (χ4v) is 1.36. The lowest BCUT2D eigenvalue weighted by Gasteiger charge is -1.95. The highest BCUT2D eigenvalue weighted by atomic mass is 79.9. The Balaban J connectivity index is 2.93. The monoisotopic (exact) mass is 211 g/mol. The Morgan fingerprint density at radius 1 is 1.45 bits per heavy atom. The average Bonchev–Trinajstić information content (AvgIpc) is 2.45. The van der Waals surface area contributed by atoms with Gasteiger partial charge in [0.15, 0.2) is 5.65 Å². The third-order valence-corrected chi connectivity index (χ3v) is 2.64. The minimum Gasteiger partial charge on any atom is -0.261 e. The molecule has 2 aromatic heterocycles. The van der Waals surface area contributed by atoms with Gasteiger partial charge in [-0.3, -0.25) is 5.10 Å². The van der Waals surface area contributed by atoms with Crippen molar-refractivity contribution in [3.8, 4) is 0 Å². The largest absolute Gasteiger partial charge is 0.261 e. The van der Waals surface area contributed by atoms with E-state index in [1.165, 1.54) is 0 Å². The van der Waals surface area contributed by atoms with Crippen LogP contribution in [0.2, 0.25) is 0 Å². The van der Waals surface area contributed by atoms with Crippen LogP contribution >= 0.6 is 15.9 Å². The molecule has 0 spiro atoms. The Labute approximate surface area is 72.0 Å². The van der Waals surface area contributed by atoms with E-state index in [9.17, 15) is 0 Å². The molecule has 0 aliphatic rings. The minimum absolute atomic E-state index is 0.822. The molecule has 2 rings (SSSR count). The van der Waals surface area contributed by atoms with Crippen LogP contribution in [0.4, 0.5) is 0 Å². The van der Waals surface area contributed by atoms with Crippen LogP contribution < -0.4 is 0 Å². The number of aromatic amines is 1. The first-order valence-corrected chi connectivity index (χ1v) is 4.02. The Morgan fingerprint density at radius 3 is 3.09 bits per heavy atom. The third-order valence-electron chi connectivity index (χ3n) is 1.59. The van der Waals surface area contributed by atoms with Gasteiger partial charge < -0.3 is 0 Å². The van der Waals surface area contributed by atoms with Gasteiger partial charge in [-0.2, -0.15) is 5.10 Å². The molecule has 0 radical (unpaired) electrons. The summed E-state index contributed by atoms with van der Waals surface area (Å²) in [6.45, 7) is 2.00. The van der Waals surface area contributed by atoms with Crippen molar-refractivity contribution >= 4 is 27.0 Å². The van der Waals surface area contributed by atoms with Crippen LogP contribution in [0.5, 0.6) is 0 Å². The molecule has 0 saturated carbocycles. The van der Waals surface area contributed by atoms with Gasteiger partial charge in [0.1, 0.15) is 0 Å². The summed E-state index contributed by atoms with van der Waals surface area (Å²) >= 11 is 3.46. The van der Waals surface area contributed by atoms with E-state index in [0.29, 0.717) is 0 Å². The van der Waals surface area contributed by atoms with Crippen molar-refractivity contribution < 1.29 is 0 Å². The topological polar surface area (TPSA) is 41.6 Å². The molecule has 0 aromatic carbocycles. The zero-order valence-corrected chi connectivity index (χ0v) is 7.51. The van der Waals surface area contributed by atoms with Crippen molar-refractivity contribution in [1.82, 2.24) is 15.2 Å². The number of H-pyrrole nitrogens is 1. The van der Waals surface area contributed by atoms with Crippen molar-refractivity contribution in [3.05, 3.63) is 22.4 Å². The number of aryl methyl sites for hydroxylation is 1. The molecule has 0 unspecified atom stereocenters. The lowest BCUT2D eigenvalue weighted by atomic mass is 10.3. The number of fused-ring (bicyclic) bond motifs is 1. The zero-order valence-electron chi connectivity index (χ0n) is 5.93. The highest BCUT2D eigenvalue weighted by Gasteiger charge is 2.02. The SMILES string of the molecule is Cc1cnc2[nH]ncc2c1Br. The molecule has 0 aliphatic heterocycles. The van der Waals surface area contributed by atoms with Crippen LogP contribution in [0, 0.1) is 6.92 Å². The molecule has 0 fully saturated rings. The van der Waals surface area contributed by atoms with Crippen LogP contribution in [-0.2, 0) is 0 Å². The van der Waals surface area contributed by atoms with Gasteiger partial charge in [-0.15, -0.1) is 0 Å². The lowest BCUT2D eigenvalue weighted by molar-refractivity contribution is 1.10. The summed E-state index contributed by atoms with van der Waals surface area (Å²) in [5.74, 6) is 0. The molecule has 3 nitrogen and oxygen atoms in total. The molecular weight excluding hydrogens is 206 g/mol. The molecule has 0 amide bonds. The van der Waals surface area contributed by atoms with Crippen LogP contribution in [0.3, 0.4) is 0 Å². The van der Waals surface area contributed by atoms with Gasteiger partial charge in [0.25, 0.3) is 0 Å². The molecule has 2 aromatic rings. The van der Waals surface area contributed by atoms with E-state index in [2.05, 4.69) is 31.1 Å². The summed E-state index contributed by atoms with van der Waals surface area (Å²) in [4.78, 5) is 4.15. The number of hydrogen-bond donors (Lipinski definition) is 1. The standard InChI is InChI=1S/C7H6BrN3/c1-4-2-9-7-5(6(4)8)3-10-11-7/h2-3H,1H3,(H,9,10,11). The molecular formula is C7H6BrN3. The average molecular weight is 212 g/mol. The Bertz CT molecular complexity index is 393. The molecule has 0 atom stereocenters. The van der Waals surface area contributed by atoms with Gasteiger partial charge in [-0.05, 0) is 28.4 Å². The summed E-state index contributed by atoms with van der Waals surface area (Å²) in [7, 11) is 0. The number of pyridine rings is 1. The van der Waals surface area contributed by atoms with E-state index in [-0.39, 0.29) is 0 Å². The van der Waals surface area contributed by atoms with Gasteiger partial charge in [0.05, 0.1) is 11.6 Å². The predicted molar refractivity (Wildman–Crippen MR) is 46.3 cm³/mol. The van der Waals surface area contributed by atoms with E-state index in [0.717, 1.165) is 21.1 Å². The molecule has 1 N–H and O–H groups in total. The number of halogens is 1. The van der Waals surface area contributed by atoms with Crippen LogP contribution in [-0.4, -0.2) is 15.2 Å². The maximum Gasteiger partial charge on any atom is 0.156 e. The van der Waals surface area contributed by atoms with Gasteiger partial charge in [0.2, 0.25) is 0 Å². The van der Waals surface area contributed by atoms with Crippen molar-refractivity contribution in [1.29, 1.82) is 0 Å². The van der Waals surface area contributed by atoms with Crippen molar-refractivity contribution in [2.24, 2.45) is 0 Å². The Hall–Kier alpha value is -0.900. The zero-order chi connectivity index (χ0) is 7.84. The quantitative estimate of drug-likeness (QED) is 0.725.